The third-order valence-electron chi connectivity index (χ3n) is 3.04. The van der Waals surface area contributed by atoms with Gasteiger partial charge in [-0.25, -0.2) is 0 Å². The summed E-state index contributed by atoms with van der Waals surface area (Å²) in [5, 5.41) is 7.97. The minimum Gasteiger partial charge on any atom is -0.311 e. The van der Waals surface area contributed by atoms with Crippen LogP contribution in [0, 0.1) is 6.92 Å². The number of rotatable bonds is 10. The predicted octanol–water partition coefficient (Wildman–Crippen LogP) is 3.22. The maximum Gasteiger partial charge on any atom is 0.0597 e. The largest absolute Gasteiger partial charge is 0.311 e. The molecular weight excluding hydrogens is 242 g/mol. The van der Waals surface area contributed by atoms with Gasteiger partial charge in [0.1, 0.15) is 0 Å². The molecule has 0 saturated heterocycles. The van der Waals surface area contributed by atoms with Crippen LogP contribution < -0.4 is 5.32 Å². The fraction of sp³-hybridized carbons (Fsp3) is 0.786. The molecule has 1 aromatic heterocycles. The van der Waals surface area contributed by atoms with Crippen molar-refractivity contribution in [1.29, 1.82) is 0 Å². The number of hydrogen-bond donors (Lipinski definition) is 1. The number of aromatic nitrogens is 2. The van der Waals surface area contributed by atoms with Gasteiger partial charge in [0.2, 0.25) is 0 Å². The van der Waals surface area contributed by atoms with Crippen LogP contribution in [0.4, 0.5) is 0 Å². The van der Waals surface area contributed by atoms with Gasteiger partial charge in [0.15, 0.2) is 0 Å². The van der Waals surface area contributed by atoms with Crippen molar-refractivity contribution in [3.05, 3.63) is 17.5 Å². The molecular formula is C14H27N3S. The van der Waals surface area contributed by atoms with Crippen LogP contribution in [0.15, 0.2) is 6.07 Å². The van der Waals surface area contributed by atoms with Gasteiger partial charge in [-0.3, -0.25) is 4.68 Å². The topological polar surface area (TPSA) is 29.9 Å². The Bertz CT molecular complexity index is 323. The average Bonchev–Trinajstić information content (AvgIpc) is 2.73. The highest BCUT2D eigenvalue weighted by molar-refractivity contribution is 7.98. The molecule has 0 fully saturated rings. The summed E-state index contributed by atoms with van der Waals surface area (Å²) in [6.07, 6.45) is 7.55. The minimum absolute atomic E-state index is 0.944. The first-order valence-electron chi connectivity index (χ1n) is 7.01. The van der Waals surface area contributed by atoms with Crippen molar-refractivity contribution in [1.82, 2.24) is 15.1 Å². The van der Waals surface area contributed by atoms with Crippen LogP contribution in [-0.4, -0.2) is 28.3 Å². The molecule has 1 heterocycles. The summed E-state index contributed by atoms with van der Waals surface area (Å²) >= 11 is 1.95. The van der Waals surface area contributed by atoms with E-state index in [1.807, 2.05) is 11.8 Å². The van der Waals surface area contributed by atoms with Crippen LogP contribution in [0.2, 0.25) is 0 Å². The SMILES string of the molecule is CCn1nc(C)cc1CNCCCCCCSC. The van der Waals surface area contributed by atoms with Gasteiger partial charge in [0.25, 0.3) is 0 Å². The molecule has 0 spiro atoms. The highest BCUT2D eigenvalue weighted by Crippen LogP contribution is 2.05. The fourth-order valence-corrected chi connectivity index (χ4v) is 2.57. The van der Waals surface area contributed by atoms with E-state index in [0.29, 0.717) is 0 Å². The molecule has 0 saturated carbocycles. The van der Waals surface area contributed by atoms with Gasteiger partial charge in [0.05, 0.1) is 11.4 Å². The van der Waals surface area contributed by atoms with Gasteiger partial charge in [-0.15, -0.1) is 0 Å². The highest BCUT2D eigenvalue weighted by Gasteiger charge is 2.02. The number of unbranched alkanes of at least 4 members (excludes halogenated alkanes) is 3. The first-order valence-corrected chi connectivity index (χ1v) is 8.40. The van der Waals surface area contributed by atoms with Crippen molar-refractivity contribution < 1.29 is 0 Å². The number of nitrogens with zero attached hydrogens (tertiary/aromatic N) is 2. The molecule has 0 atom stereocenters. The summed E-state index contributed by atoms with van der Waals surface area (Å²) in [6.45, 7) is 7.22. The summed E-state index contributed by atoms with van der Waals surface area (Å²) in [6, 6.07) is 2.18. The Labute approximate surface area is 116 Å². The lowest BCUT2D eigenvalue weighted by molar-refractivity contribution is 0.557. The normalized spacial score (nSPS) is 11.1. The molecule has 1 N–H and O–H groups in total. The summed E-state index contributed by atoms with van der Waals surface area (Å²) in [5.74, 6) is 1.31. The van der Waals surface area contributed by atoms with E-state index in [0.717, 1.165) is 25.3 Å². The zero-order chi connectivity index (χ0) is 13.2. The number of nitrogens with one attached hydrogen (secondary N) is 1. The molecule has 0 amide bonds. The third kappa shape index (κ3) is 5.91. The molecule has 0 unspecified atom stereocenters. The first kappa shape index (κ1) is 15.6. The molecule has 0 radical (unpaired) electrons. The van der Waals surface area contributed by atoms with E-state index in [1.54, 1.807) is 0 Å². The van der Waals surface area contributed by atoms with Crippen LogP contribution in [0.5, 0.6) is 0 Å². The van der Waals surface area contributed by atoms with Crippen molar-refractivity contribution in [3.63, 3.8) is 0 Å². The van der Waals surface area contributed by atoms with Crippen molar-refractivity contribution in [2.75, 3.05) is 18.6 Å². The number of aryl methyl sites for hydroxylation is 2. The van der Waals surface area contributed by atoms with Crippen molar-refractivity contribution in [3.8, 4) is 0 Å². The average molecular weight is 269 g/mol. The second kappa shape index (κ2) is 9.45. The quantitative estimate of drug-likeness (QED) is 0.661. The molecule has 0 aliphatic carbocycles. The van der Waals surface area contributed by atoms with Crippen LogP contribution in [0.1, 0.15) is 44.0 Å². The Morgan fingerprint density at radius 2 is 2.06 bits per heavy atom. The molecule has 4 heteroatoms. The molecule has 0 aliphatic heterocycles. The van der Waals surface area contributed by atoms with E-state index in [-0.39, 0.29) is 0 Å². The van der Waals surface area contributed by atoms with E-state index in [1.165, 1.54) is 37.1 Å². The lowest BCUT2D eigenvalue weighted by Crippen LogP contribution is -2.17. The Kier molecular flexibility index (Phi) is 8.18. The standard InChI is InChI=1S/C14H27N3S/c1-4-17-14(11-13(2)16-17)12-15-9-7-5-6-8-10-18-3/h11,15H,4-10,12H2,1-3H3. The smallest absolute Gasteiger partial charge is 0.0597 e. The second-order valence-corrected chi connectivity index (χ2v) is 5.66. The highest BCUT2D eigenvalue weighted by atomic mass is 32.2. The second-order valence-electron chi connectivity index (χ2n) is 4.68. The zero-order valence-electron chi connectivity index (χ0n) is 12.0. The van der Waals surface area contributed by atoms with Crippen molar-refractivity contribution in [2.24, 2.45) is 0 Å². The zero-order valence-corrected chi connectivity index (χ0v) is 12.9. The van der Waals surface area contributed by atoms with Gasteiger partial charge < -0.3 is 5.32 Å². The van der Waals surface area contributed by atoms with Crippen molar-refractivity contribution in [2.45, 2.75) is 52.6 Å². The van der Waals surface area contributed by atoms with Gasteiger partial charge in [-0.05, 0) is 51.3 Å². The van der Waals surface area contributed by atoms with Crippen LogP contribution in [-0.2, 0) is 13.1 Å². The first-order chi connectivity index (χ1) is 8.77. The van der Waals surface area contributed by atoms with E-state index < -0.39 is 0 Å². The maximum absolute atomic E-state index is 4.45. The van der Waals surface area contributed by atoms with Crippen LogP contribution in [0.3, 0.4) is 0 Å². The van der Waals surface area contributed by atoms with Gasteiger partial charge in [-0.1, -0.05) is 12.8 Å². The molecule has 0 aliphatic rings. The lowest BCUT2D eigenvalue weighted by Gasteiger charge is -2.06. The maximum atomic E-state index is 4.45. The molecule has 18 heavy (non-hydrogen) atoms. The summed E-state index contributed by atoms with van der Waals surface area (Å²) < 4.78 is 2.08. The Balaban J connectivity index is 2.06. The number of hydrogen-bond acceptors (Lipinski definition) is 3. The van der Waals surface area contributed by atoms with Crippen molar-refractivity contribution >= 4 is 11.8 Å². The summed E-state index contributed by atoms with van der Waals surface area (Å²) in [7, 11) is 0. The third-order valence-corrected chi connectivity index (χ3v) is 3.74. The predicted molar refractivity (Wildman–Crippen MR) is 81.2 cm³/mol. The molecule has 0 bridgehead atoms. The van der Waals surface area contributed by atoms with Crippen LogP contribution in [0.25, 0.3) is 0 Å². The molecule has 1 aromatic rings. The molecule has 104 valence electrons. The molecule has 0 aromatic carbocycles. The van der Waals surface area contributed by atoms with E-state index >= 15 is 0 Å². The van der Waals surface area contributed by atoms with Gasteiger partial charge >= 0.3 is 0 Å². The monoisotopic (exact) mass is 269 g/mol. The summed E-state index contributed by atoms with van der Waals surface area (Å²) in [4.78, 5) is 0. The van der Waals surface area contributed by atoms with E-state index in [4.69, 9.17) is 0 Å². The fourth-order valence-electron chi connectivity index (χ4n) is 2.08. The minimum atomic E-state index is 0.944. The lowest BCUT2D eigenvalue weighted by atomic mass is 10.2. The van der Waals surface area contributed by atoms with Crippen LogP contribution >= 0.6 is 11.8 Å². The van der Waals surface area contributed by atoms with Gasteiger partial charge in [0, 0.05) is 13.1 Å². The molecule has 1 rings (SSSR count). The Morgan fingerprint density at radius 3 is 2.78 bits per heavy atom. The number of thioether (sulfide) groups is 1. The van der Waals surface area contributed by atoms with E-state index in [9.17, 15) is 0 Å². The Hall–Kier alpha value is -0.480. The molecule has 3 nitrogen and oxygen atoms in total. The van der Waals surface area contributed by atoms with Gasteiger partial charge in [-0.2, -0.15) is 16.9 Å². The summed E-state index contributed by atoms with van der Waals surface area (Å²) in [5.41, 5.74) is 2.42. The Morgan fingerprint density at radius 1 is 1.28 bits per heavy atom. The van der Waals surface area contributed by atoms with E-state index in [2.05, 4.69) is 41.3 Å².